The van der Waals surface area contributed by atoms with Crippen molar-refractivity contribution in [2.24, 2.45) is 5.92 Å². The maximum absolute atomic E-state index is 12.3. The normalized spacial score (nSPS) is 15.1. The number of carbonyl (C=O) groups excluding carboxylic acids is 2. The van der Waals surface area contributed by atoms with E-state index in [-0.39, 0.29) is 5.91 Å². The average molecular weight is 394 g/mol. The predicted octanol–water partition coefficient (Wildman–Crippen LogP) is 3.30. The minimum absolute atomic E-state index is 0.329. The maximum atomic E-state index is 12.3. The zero-order chi connectivity index (χ0) is 18.7. The molecular weight excluding hydrogens is 370 g/mol. The predicted molar refractivity (Wildman–Crippen MR) is 103 cm³/mol. The van der Waals surface area contributed by atoms with Gasteiger partial charge in [0.05, 0.1) is 10.1 Å². The lowest BCUT2D eigenvalue weighted by Gasteiger charge is -2.13. The molecule has 1 atom stereocenters. The van der Waals surface area contributed by atoms with Gasteiger partial charge in [-0.1, -0.05) is 31.7 Å². The highest BCUT2D eigenvalue weighted by Crippen LogP contribution is 2.42. The summed E-state index contributed by atoms with van der Waals surface area (Å²) >= 11 is 2.96. The smallest absolute Gasteiger partial charge is 0.321 e. The topological polar surface area (TPSA) is 88.9 Å². The first kappa shape index (κ1) is 18.9. The Hall–Kier alpha value is -1.87. The molecule has 0 bridgehead atoms. The first-order valence-corrected chi connectivity index (χ1v) is 10.5. The number of hydrogen-bond donors (Lipinski definition) is 2. The summed E-state index contributed by atoms with van der Waals surface area (Å²) in [6.07, 6.45) is 2.20. The Kier molecular flexibility index (Phi) is 5.98. The summed E-state index contributed by atoms with van der Waals surface area (Å²) < 4.78 is 2.12. The first-order valence-electron chi connectivity index (χ1n) is 8.69. The lowest BCUT2D eigenvalue weighted by atomic mass is 10.2. The molecule has 0 radical (unpaired) electrons. The highest BCUT2D eigenvalue weighted by atomic mass is 32.2. The fraction of sp³-hybridized carbons (Fsp3) is 0.529. The van der Waals surface area contributed by atoms with Gasteiger partial charge in [0.15, 0.2) is 11.0 Å². The Bertz CT molecular complexity index is 768. The summed E-state index contributed by atoms with van der Waals surface area (Å²) in [7, 11) is 0. The van der Waals surface area contributed by atoms with Gasteiger partial charge in [0.1, 0.15) is 0 Å². The third kappa shape index (κ3) is 4.64. The van der Waals surface area contributed by atoms with E-state index in [0.29, 0.717) is 18.5 Å². The highest BCUT2D eigenvalue weighted by molar-refractivity contribution is 8.00. The molecule has 2 heterocycles. The zero-order valence-corrected chi connectivity index (χ0v) is 16.7. The third-order valence-electron chi connectivity index (χ3n) is 3.88. The van der Waals surface area contributed by atoms with Crippen LogP contribution in [0.3, 0.4) is 0 Å². The second-order valence-electron chi connectivity index (χ2n) is 6.74. The number of rotatable bonds is 7. The van der Waals surface area contributed by atoms with Crippen molar-refractivity contribution in [3.05, 3.63) is 17.5 Å². The van der Waals surface area contributed by atoms with Crippen LogP contribution in [-0.4, -0.2) is 38.5 Å². The van der Waals surface area contributed by atoms with Gasteiger partial charge < -0.3 is 5.32 Å². The Labute approximate surface area is 161 Å². The van der Waals surface area contributed by atoms with Crippen molar-refractivity contribution in [2.45, 2.75) is 50.1 Å². The summed E-state index contributed by atoms with van der Waals surface area (Å²) in [5.41, 5.74) is 0. The van der Waals surface area contributed by atoms with Crippen LogP contribution in [0, 0.1) is 5.92 Å². The van der Waals surface area contributed by atoms with Crippen molar-refractivity contribution in [3.8, 4) is 10.7 Å². The standard InChI is InChI=1S/C17H23N5O2S2/c1-10(2)9-18-16(24)19-15(23)11(3)26-17-21-20-14(13-5-4-8-25-13)22(17)12-6-7-12/h4-5,8,10-12H,6-7,9H2,1-3H3,(H2,18,19,23,24). The number of urea groups is 1. The molecule has 7 nitrogen and oxygen atoms in total. The summed E-state index contributed by atoms with van der Waals surface area (Å²) in [6.45, 7) is 6.29. The average Bonchev–Trinajstić information content (AvgIpc) is 3.12. The molecule has 2 N–H and O–H groups in total. The molecule has 1 aliphatic carbocycles. The number of nitrogens with zero attached hydrogens (tertiary/aromatic N) is 3. The number of nitrogens with one attached hydrogen (secondary N) is 2. The van der Waals surface area contributed by atoms with Gasteiger partial charge in [-0.15, -0.1) is 21.5 Å². The molecule has 9 heteroatoms. The van der Waals surface area contributed by atoms with Crippen LogP contribution in [-0.2, 0) is 4.79 Å². The van der Waals surface area contributed by atoms with E-state index in [1.165, 1.54) is 11.8 Å². The van der Waals surface area contributed by atoms with Crippen LogP contribution in [0.2, 0.25) is 0 Å². The maximum Gasteiger partial charge on any atom is 0.321 e. The fourth-order valence-electron chi connectivity index (χ4n) is 2.36. The van der Waals surface area contributed by atoms with Crippen molar-refractivity contribution < 1.29 is 9.59 Å². The molecule has 0 saturated heterocycles. The van der Waals surface area contributed by atoms with Gasteiger partial charge in [-0.3, -0.25) is 14.7 Å². The monoisotopic (exact) mass is 393 g/mol. The second-order valence-corrected chi connectivity index (χ2v) is 8.99. The highest BCUT2D eigenvalue weighted by Gasteiger charge is 2.32. The van der Waals surface area contributed by atoms with Gasteiger partial charge in [-0.05, 0) is 37.1 Å². The summed E-state index contributed by atoms with van der Waals surface area (Å²) in [5, 5.41) is 16.0. The second kappa shape index (κ2) is 8.22. The molecule has 2 aromatic rings. The lowest BCUT2D eigenvalue weighted by molar-refractivity contribution is -0.119. The molecule has 3 rings (SSSR count). The third-order valence-corrected chi connectivity index (χ3v) is 5.80. The Balaban J connectivity index is 1.65. The number of hydrogen-bond acceptors (Lipinski definition) is 6. The Morgan fingerprint density at radius 2 is 2.12 bits per heavy atom. The van der Waals surface area contributed by atoms with E-state index >= 15 is 0 Å². The van der Waals surface area contributed by atoms with Crippen molar-refractivity contribution >= 4 is 35.0 Å². The van der Waals surface area contributed by atoms with E-state index in [1.807, 2.05) is 31.4 Å². The zero-order valence-electron chi connectivity index (χ0n) is 15.1. The molecule has 0 aliphatic heterocycles. The summed E-state index contributed by atoms with van der Waals surface area (Å²) in [5.74, 6) is 0.849. The molecule has 1 fully saturated rings. The molecule has 3 amide bonds. The van der Waals surface area contributed by atoms with E-state index in [4.69, 9.17) is 0 Å². The van der Waals surface area contributed by atoms with Crippen LogP contribution < -0.4 is 10.6 Å². The van der Waals surface area contributed by atoms with E-state index in [2.05, 4.69) is 25.4 Å². The van der Waals surface area contributed by atoms with Crippen molar-refractivity contribution in [3.63, 3.8) is 0 Å². The van der Waals surface area contributed by atoms with E-state index in [0.717, 1.165) is 28.7 Å². The number of amides is 3. The molecule has 2 aromatic heterocycles. The summed E-state index contributed by atoms with van der Waals surface area (Å²) in [4.78, 5) is 25.1. The number of thioether (sulfide) groups is 1. The molecule has 0 aromatic carbocycles. The lowest BCUT2D eigenvalue weighted by Crippen LogP contribution is -2.43. The summed E-state index contributed by atoms with van der Waals surface area (Å²) in [6, 6.07) is 3.95. The Morgan fingerprint density at radius 1 is 1.35 bits per heavy atom. The van der Waals surface area contributed by atoms with Gasteiger partial charge in [-0.2, -0.15) is 0 Å². The minimum atomic E-state index is -0.459. The van der Waals surface area contributed by atoms with Crippen molar-refractivity contribution in [1.29, 1.82) is 0 Å². The van der Waals surface area contributed by atoms with Crippen LogP contribution in [0.4, 0.5) is 4.79 Å². The van der Waals surface area contributed by atoms with Crippen LogP contribution in [0.25, 0.3) is 10.7 Å². The Morgan fingerprint density at radius 3 is 2.73 bits per heavy atom. The molecule has 0 spiro atoms. The number of carbonyl (C=O) groups is 2. The van der Waals surface area contributed by atoms with Gasteiger partial charge in [0, 0.05) is 12.6 Å². The molecule has 1 saturated carbocycles. The fourth-order valence-corrected chi connectivity index (χ4v) is 3.98. The first-order chi connectivity index (χ1) is 12.5. The molecule has 26 heavy (non-hydrogen) atoms. The molecular formula is C17H23N5O2S2. The van der Waals surface area contributed by atoms with E-state index < -0.39 is 11.3 Å². The molecule has 1 aliphatic rings. The van der Waals surface area contributed by atoms with Crippen molar-refractivity contribution in [2.75, 3.05) is 6.54 Å². The minimum Gasteiger partial charge on any atom is -0.338 e. The van der Waals surface area contributed by atoms with Crippen LogP contribution >= 0.6 is 23.1 Å². The van der Waals surface area contributed by atoms with Crippen molar-refractivity contribution in [1.82, 2.24) is 25.4 Å². The van der Waals surface area contributed by atoms with Crippen LogP contribution in [0.5, 0.6) is 0 Å². The van der Waals surface area contributed by atoms with Gasteiger partial charge in [-0.25, -0.2) is 4.79 Å². The van der Waals surface area contributed by atoms with Gasteiger partial charge in [0.2, 0.25) is 5.91 Å². The molecule has 140 valence electrons. The van der Waals surface area contributed by atoms with Crippen LogP contribution in [0.1, 0.15) is 39.7 Å². The van der Waals surface area contributed by atoms with E-state index in [9.17, 15) is 9.59 Å². The SMILES string of the molecule is CC(C)CNC(=O)NC(=O)C(C)Sc1nnc(-c2cccs2)n1C1CC1. The van der Waals surface area contributed by atoms with Gasteiger partial charge in [0.25, 0.3) is 0 Å². The van der Waals surface area contributed by atoms with E-state index in [1.54, 1.807) is 18.3 Å². The largest absolute Gasteiger partial charge is 0.338 e. The molecule has 1 unspecified atom stereocenters. The van der Waals surface area contributed by atoms with Gasteiger partial charge >= 0.3 is 6.03 Å². The van der Waals surface area contributed by atoms with Crippen LogP contribution in [0.15, 0.2) is 22.7 Å². The quantitative estimate of drug-likeness (QED) is 0.705. The number of thiophene rings is 1. The number of aromatic nitrogens is 3. The number of imide groups is 1.